The molecular weight excluding hydrogens is 334 g/mol. The Hall–Kier alpha value is -2.51. The number of benzene rings is 1. The van der Waals surface area contributed by atoms with Crippen molar-refractivity contribution in [1.82, 2.24) is 14.9 Å². The summed E-state index contributed by atoms with van der Waals surface area (Å²) in [7, 11) is 4.02. The van der Waals surface area contributed by atoms with E-state index < -0.39 is 0 Å². The Morgan fingerprint density at radius 2 is 2.00 bits per heavy atom. The number of hydrogen-bond donors (Lipinski definition) is 1. The van der Waals surface area contributed by atoms with Crippen molar-refractivity contribution in [1.29, 1.82) is 0 Å². The van der Waals surface area contributed by atoms with Crippen molar-refractivity contribution in [3.05, 3.63) is 48.2 Å². The molecule has 130 valence electrons. The van der Waals surface area contributed by atoms with Crippen LogP contribution in [0.2, 0.25) is 0 Å². The zero-order chi connectivity index (χ0) is 17.6. The largest absolute Gasteiger partial charge is 0.476 e. The number of thiazole rings is 1. The summed E-state index contributed by atoms with van der Waals surface area (Å²) in [4.78, 5) is 11.1. The number of hydrogen-bond acceptors (Lipinski definition) is 7. The van der Waals surface area contributed by atoms with Crippen LogP contribution in [0.3, 0.4) is 0 Å². The first-order chi connectivity index (χ1) is 12.1. The van der Waals surface area contributed by atoms with Crippen LogP contribution in [0.1, 0.15) is 12.6 Å². The van der Waals surface area contributed by atoms with Crippen LogP contribution in [0.5, 0.6) is 5.88 Å². The maximum atomic E-state index is 5.67. The third-order valence-electron chi connectivity index (χ3n) is 3.50. The smallest absolute Gasteiger partial charge is 0.213 e. The molecule has 0 amide bonds. The van der Waals surface area contributed by atoms with E-state index in [1.807, 2.05) is 63.5 Å². The average Bonchev–Trinajstić information content (AvgIpc) is 3.02. The van der Waals surface area contributed by atoms with Crippen molar-refractivity contribution < 1.29 is 4.74 Å². The van der Waals surface area contributed by atoms with Gasteiger partial charge < -0.3 is 9.64 Å². The molecule has 7 heteroatoms. The van der Waals surface area contributed by atoms with Crippen molar-refractivity contribution in [3.8, 4) is 5.88 Å². The Morgan fingerprint density at radius 1 is 1.16 bits per heavy atom. The number of hydrazone groups is 1. The standard InChI is InChI=1S/C18H21N5OS/c1-13(14-8-6-10-17(19-14)24-12-11-23(2)3)21-22-18-20-15-7-4-5-9-16(15)25-18/h4-10H,11-12H2,1-3H3,(H,20,22)/b21-13+. The van der Waals surface area contributed by atoms with E-state index in [0.29, 0.717) is 12.5 Å². The van der Waals surface area contributed by atoms with Crippen molar-refractivity contribution in [2.24, 2.45) is 5.10 Å². The lowest BCUT2D eigenvalue weighted by Gasteiger charge is -2.10. The van der Waals surface area contributed by atoms with Crippen LogP contribution in [0.4, 0.5) is 5.13 Å². The molecule has 0 spiro atoms. The molecule has 1 aromatic carbocycles. The Kier molecular flexibility index (Phi) is 5.57. The molecule has 0 radical (unpaired) electrons. The molecule has 25 heavy (non-hydrogen) atoms. The number of aromatic nitrogens is 2. The quantitative estimate of drug-likeness (QED) is 0.519. The molecule has 1 N–H and O–H groups in total. The third kappa shape index (κ3) is 4.74. The highest BCUT2D eigenvalue weighted by Gasteiger charge is 2.05. The fraction of sp³-hybridized carbons (Fsp3) is 0.278. The Balaban J connectivity index is 1.67. The highest BCUT2D eigenvalue weighted by molar-refractivity contribution is 7.22. The van der Waals surface area contributed by atoms with Gasteiger partial charge in [-0.2, -0.15) is 5.10 Å². The van der Waals surface area contributed by atoms with E-state index in [1.54, 1.807) is 11.3 Å². The van der Waals surface area contributed by atoms with Crippen LogP contribution in [-0.4, -0.2) is 47.8 Å². The molecule has 0 saturated carbocycles. The number of ether oxygens (including phenoxy) is 1. The minimum atomic E-state index is 0.601. The Bertz CT molecular complexity index is 842. The predicted octanol–water partition coefficient (Wildman–Crippen LogP) is 3.47. The molecule has 6 nitrogen and oxygen atoms in total. The molecule has 0 bridgehead atoms. The van der Waals surface area contributed by atoms with Crippen LogP contribution >= 0.6 is 11.3 Å². The summed E-state index contributed by atoms with van der Waals surface area (Å²) in [6, 6.07) is 13.7. The van der Waals surface area contributed by atoms with Crippen LogP contribution in [0.15, 0.2) is 47.6 Å². The van der Waals surface area contributed by atoms with Gasteiger partial charge in [-0.1, -0.05) is 29.5 Å². The van der Waals surface area contributed by atoms with Crippen LogP contribution in [-0.2, 0) is 0 Å². The van der Waals surface area contributed by atoms with E-state index in [9.17, 15) is 0 Å². The summed E-state index contributed by atoms with van der Waals surface area (Å²) >= 11 is 1.57. The van der Waals surface area contributed by atoms with Crippen molar-refractivity contribution in [2.75, 3.05) is 32.7 Å². The summed E-state index contributed by atoms with van der Waals surface area (Å²) in [6.07, 6.45) is 0. The number of rotatable bonds is 7. The SMILES string of the molecule is C/C(=N\Nc1nc2ccccc2s1)c1cccc(OCCN(C)C)n1. The second-order valence-electron chi connectivity index (χ2n) is 5.81. The van der Waals surface area contributed by atoms with Gasteiger partial charge in [0, 0.05) is 12.6 Å². The third-order valence-corrected chi connectivity index (χ3v) is 4.44. The number of para-hydroxylation sites is 1. The van der Waals surface area contributed by atoms with Crippen molar-refractivity contribution >= 4 is 32.4 Å². The summed E-state index contributed by atoms with van der Waals surface area (Å²) in [6.45, 7) is 3.36. The highest BCUT2D eigenvalue weighted by atomic mass is 32.1. The van der Waals surface area contributed by atoms with Gasteiger partial charge in [-0.15, -0.1) is 0 Å². The molecule has 0 fully saturated rings. The van der Waals surface area contributed by atoms with E-state index in [4.69, 9.17) is 4.74 Å². The fourth-order valence-corrected chi connectivity index (χ4v) is 2.95. The van der Waals surface area contributed by atoms with E-state index in [0.717, 1.165) is 33.3 Å². The predicted molar refractivity (Wildman–Crippen MR) is 104 cm³/mol. The summed E-state index contributed by atoms with van der Waals surface area (Å²) in [5.41, 5.74) is 5.54. The fourth-order valence-electron chi connectivity index (χ4n) is 2.14. The molecule has 2 aromatic heterocycles. The average molecular weight is 355 g/mol. The van der Waals surface area contributed by atoms with Gasteiger partial charge in [0.2, 0.25) is 11.0 Å². The molecular formula is C18H21N5OS. The highest BCUT2D eigenvalue weighted by Crippen LogP contribution is 2.25. The Morgan fingerprint density at radius 3 is 2.80 bits per heavy atom. The van der Waals surface area contributed by atoms with Gasteiger partial charge in [0.15, 0.2) is 0 Å². The number of nitrogens with one attached hydrogen (secondary N) is 1. The Labute approximate surface area is 151 Å². The maximum absolute atomic E-state index is 5.67. The van der Waals surface area contributed by atoms with Crippen LogP contribution < -0.4 is 10.2 Å². The first kappa shape index (κ1) is 17.3. The first-order valence-electron chi connectivity index (χ1n) is 8.02. The molecule has 2 heterocycles. The monoisotopic (exact) mass is 355 g/mol. The van der Waals surface area contributed by atoms with E-state index in [2.05, 4.69) is 25.4 Å². The molecule has 0 aliphatic rings. The number of pyridine rings is 1. The van der Waals surface area contributed by atoms with Crippen molar-refractivity contribution in [3.63, 3.8) is 0 Å². The summed E-state index contributed by atoms with van der Waals surface area (Å²) < 4.78 is 6.80. The molecule has 0 atom stereocenters. The van der Waals surface area contributed by atoms with Crippen LogP contribution in [0, 0.1) is 0 Å². The van der Waals surface area contributed by atoms with Gasteiger partial charge in [-0.05, 0) is 39.2 Å². The van der Waals surface area contributed by atoms with Crippen molar-refractivity contribution in [2.45, 2.75) is 6.92 Å². The molecule has 0 aliphatic carbocycles. The lowest BCUT2D eigenvalue weighted by molar-refractivity contribution is 0.254. The normalized spacial score (nSPS) is 11.9. The van der Waals surface area contributed by atoms with Gasteiger partial charge in [0.25, 0.3) is 0 Å². The lowest BCUT2D eigenvalue weighted by atomic mass is 10.2. The van der Waals surface area contributed by atoms with Crippen LogP contribution in [0.25, 0.3) is 10.2 Å². The lowest BCUT2D eigenvalue weighted by Crippen LogP contribution is -2.19. The maximum Gasteiger partial charge on any atom is 0.213 e. The minimum Gasteiger partial charge on any atom is -0.476 e. The number of fused-ring (bicyclic) bond motifs is 1. The topological polar surface area (TPSA) is 62.6 Å². The van der Waals surface area contributed by atoms with Gasteiger partial charge in [-0.25, -0.2) is 9.97 Å². The zero-order valence-corrected chi connectivity index (χ0v) is 15.4. The molecule has 0 saturated heterocycles. The van der Waals surface area contributed by atoms with Gasteiger partial charge >= 0.3 is 0 Å². The summed E-state index contributed by atoms with van der Waals surface area (Å²) in [5, 5.41) is 5.16. The van der Waals surface area contributed by atoms with E-state index in [1.165, 1.54) is 0 Å². The van der Waals surface area contributed by atoms with Gasteiger partial charge in [-0.3, -0.25) is 5.43 Å². The second kappa shape index (κ2) is 8.04. The zero-order valence-electron chi connectivity index (χ0n) is 14.6. The number of anilines is 1. The molecule has 0 aliphatic heterocycles. The molecule has 3 rings (SSSR count). The number of likely N-dealkylation sites (N-methyl/N-ethyl adjacent to an activating group) is 1. The molecule has 0 unspecified atom stereocenters. The second-order valence-corrected chi connectivity index (χ2v) is 6.84. The first-order valence-corrected chi connectivity index (χ1v) is 8.84. The van der Waals surface area contributed by atoms with Gasteiger partial charge in [0.05, 0.1) is 21.6 Å². The minimum absolute atomic E-state index is 0.601. The summed E-state index contributed by atoms with van der Waals surface area (Å²) in [5.74, 6) is 0.605. The van der Waals surface area contributed by atoms with Gasteiger partial charge in [0.1, 0.15) is 6.61 Å². The van der Waals surface area contributed by atoms with E-state index >= 15 is 0 Å². The molecule has 3 aromatic rings. The number of nitrogens with zero attached hydrogens (tertiary/aromatic N) is 4. The van der Waals surface area contributed by atoms with E-state index in [-0.39, 0.29) is 0 Å².